The fourth-order valence-electron chi connectivity index (χ4n) is 3.13. The Morgan fingerprint density at radius 1 is 1.36 bits per heavy atom. The molecule has 1 saturated heterocycles. The fraction of sp³-hybridized carbons (Fsp3) is 0.500. The third kappa shape index (κ3) is 5.07. The summed E-state index contributed by atoms with van der Waals surface area (Å²) in [6, 6.07) is 6.73. The Hall–Kier alpha value is -2.48. The van der Waals surface area contributed by atoms with E-state index in [2.05, 4.69) is 15.6 Å². The van der Waals surface area contributed by atoms with E-state index in [1.165, 1.54) is 11.3 Å². The average Bonchev–Trinajstić information content (AvgIpc) is 3.22. The van der Waals surface area contributed by atoms with E-state index < -0.39 is 17.7 Å². The Balaban J connectivity index is 1.76. The lowest BCUT2D eigenvalue weighted by Crippen LogP contribution is -2.43. The number of aromatic nitrogens is 1. The minimum atomic E-state index is -0.788. The number of nitrogens with zero attached hydrogens (tertiary/aromatic N) is 1. The zero-order chi connectivity index (χ0) is 20.3. The van der Waals surface area contributed by atoms with Gasteiger partial charge in [0.25, 0.3) is 0 Å². The lowest BCUT2D eigenvalue weighted by molar-refractivity contribution is -0.122. The van der Waals surface area contributed by atoms with Crippen LogP contribution in [0.4, 0.5) is 4.79 Å². The highest BCUT2D eigenvalue weighted by atomic mass is 32.1. The molecular formula is C20H25N3O4S. The van der Waals surface area contributed by atoms with Gasteiger partial charge in [-0.25, -0.2) is 9.78 Å². The Labute approximate surface area is 167 Å². The number of Topliss-reactive ketones (excluding diaryl/α,β-unsaturated/α-hetero) is 1. The van der Waals surface area contributed by atoms with Gasteiger partial charge in [0.1, 0.15) is 5.60 Å². The third-order valence-electron chi connectivity index (χ3n) is 4.48. The molecule has 0 aliphatic carbocycles. The Kier molecular flexibility index (Phi) is 5.98. The second kappa shape index (κ2) is 8.26. The molecule has 8 heteroatoms. The van der Waals surface area contributed by atoms with Gasteiger partial charge in [0, 0.05) is 12.5 Å². The summed E-state index contributed by atoms with van der Waals surface area (Å²) >= 11 is 1.30. The highest BCUT2D eigenvalue weighted by molar-refractivity contribution is 7.20. The number of amides is 2. The van der Waals surface area contributed by atoms with E-state index in [1.807, 2.05) is 24.3 Å². The number of hydrogen-bond donors (Lipinski definition) is 2. The maximum absolute atomic E-state index is 13.1. The van der Waals surface area contributed by atoms with Gasteiger partial charge in [-0.15, -0.1) is 11.3 Å². The summed E-state index contributed by atoms with van der Waals surface area (Å²) in [5.74, 6) is -0.389. The molecule has 1 aromatic carbocycles. The van der Waals surface area contributed by atoms with Crippen molar-refractivity contribution >= 4 is 39.3 Å². The van der Waals surface area contributed by atoms with Gasteiger partial charge in [0.15, 0.2) is 5.01 Å². The maximum atomic E-state index is 13.1. The first kappa shape index (κ1) is 20.3. The van der Waals surface area contributed by atoms with Crippen molar-refractivity contribution in [2.24, 2.45) is 5.92 Å². The van der Waals surface area contributed by atoms with Crippen molar-refractivity contribution in [2.45, 2.75) is 51.7 Å². The number of para-hydroxylation sites is 1. The molecule has 0 unspecified atom stereocenters. The van der Waals surface area contributed by atoms with E-state index >= 15 is 0 Å². The van der Waals surface area contributed by atoms with Gasteiger partial charge in [-0.2, -0.15) is 0 Å². The topological polar surface area (TPSA) is 97.4 Å². The van der Waals surface area contributed by atoms with E-state index in [-0.39, 0.29) is 17.6 Å². The zero-order valence-electron chi connectivity index (χ0n) is 16.3. The molecule has 1 aliphatic heterocycles. The summed E-state index contributed by atoms with van der Waals surface area (Å²) in [6.07, 6.45) is 0.963. The van der Waals surface area contributed by atoms with Crippen LogP contribution >= 0.6 is 11.3 Å². The molecule has 0 radical (unpaired) electrons. The van der Waals surface area contributed by atoms with Crippen LogP contribution in [0.15, 0.2) is 24.3 Å². The minimum Gasteiger partial charge on any atom is -0.444 e. The molecule has 1 aliphatic rings. The summed E-state index contributed by atoms with van der Waals surface area (Å²) in [4.78, 5) is 41.6. The zero-order valence-corrected chi connectivity index (χ0v) is 17.1. The largest absolute Gasteiger partial charge is 0.444 e. The summed E-state index contributed by atoms with van der Waals surface area (Å²) in [5, 5.41) is 5.82. The predicted octanol–water partition coefficient (Wildman–Crippen LogP) is 3.29. The monoisotopic (exact) mass is 403 g/mol. The van der Waals surface area contributed by atoms with Gasteiger partial charge in [-0.05, 0) is 52.2 Å². The smallest absolute Gasteiger partial charge is 0.408 e. The van der Waals surface area contributed by atoms with Crippen molar-refractivity contribution in [1.82, 2.24) is 15.6 Å². The van der Waals surface area contributed by atoms with E-state index in [9.17, 15) is 14.4 Å². The highest BCUT2D eigenvalue weighted by Gasteiger charge is 2.30. The minimum absolute atomic E-state index is 0.00320. The van der Waals surface area contributed by atoms with Gasteiger partial charge in [0.05, 0.1) is 16.3 Å². The number of rotatable bonds is 6. The van der Waals surface area contributed by atoms with Crippen LogP contribution in [0.2, 0.25) is 0 Å². The number of benzene rings is 1. The van der Waals surface area contributed by atoms with Crippen LogP contribution in [0.3, 0.4) is 0 Å². The van der Waals surface area contributed by atoms with Crippen LogP contribution < -0.4 is 10.6 Å². The predicted molar refractivity (Wildman–Crippen MR) is 107 cm³/mol. The van der Waals surface area contributed by atoms with Crippen molar-refractivity contribution in [1.29, 1.82) is 0 Å². The average molecular weight is 404 g/mol. The van der Waals surface area contributed by atoms with Crippen LogP contribution in [0, 0.1) is 5.92 Å². The number of carbonyl (C=O) groups is 3. The van der Waals surface area contributed by atoms with Crippen LogP contribution in [0.5, 0.6) is 0 Å². The quantitative estimate of drug-likeness (QED) is 0.722. The third-order valence-corrected chi connectivity index (χ3v) is 5.53. The number of nitrogens with one attached hydrogen (secondary N) is 2. The second-order valence-electron chi connectivity index (χ2n) is 7.90. The molecule has 0 spiro atoms. The summed E-state index contributed by atoms with van der Waals surface area (Å²) in [5.41, 5.74) is 0.0841. The first-order valence-electron chi connectivity index (χ1n) is 9.40. The van der Waals surface area contributed by atoms with Gasteiger partial charge >= 0.3 is 6.09 Å². The molecule has 2 aromatic rings. The number of alkyl carbamates (subject to hydrolysis) is 1. The van der Waals surface area contributed by atoms with Crippen LogP contribution in [0.25, 0.3) is 10.2 Å². The molecule has 0 bridgehead atoms. The van der Waals surface area contributed by atoms with Gasteiger partial charge in [-0.1, -0.05) is 12.1 Å². The molecule has 2 N–H and O–H groups in total. The van der Waals surface area contributed by atoms with E-state index in [0.29, 0.717) is 24.4 Å². The molecule has 150 valence electrons. The van der Waals surface area contributed by atoms with Gasteiger partial charge in [0.2, 0.25) is 11.7 Å². The summed E-state index contributed by atoms with van der Waals surface area (Å²) < 4.78 is 6.22. The van der Waals surface area contributed by atoms with Crippen LogP contribution in [-0.2, 0) is 9.53 Å². The van der Waals surface area contributed by atoms with E-state index in [0.717, 1.165) is 16.6 Å². The van der Waals surface area contributed by atoms with Crippen molar-refractivity contribution in [3.63, 3.8) is 0 Å². The van der Waals surface area contributed by atoms with Gasteiger partial charge in [-0.3, -0.25) is 9.59 Å². The van der Waals surface area contributed by atoms with Crippen LogP contribution in [0.1, 0.15) is 49.8 Å². The van der Waals surface area contributed by atoms with Crippen molar-refractivity contribution in [2.75, 3.05) is 6.54 Å². The Bertz CT molecular complexity index is 854. The standard InChI is InChI=1S/C20H25N3O4S/c1-20(2,3)27-19(26)23-14(9-8-12-10-11-21-17(12)25)16(24)18-22-13-6-4-5-7-15(13)28-18/h4-7,12,14H,8-11H2,1-3H3,(H,21,25)(H,23,26)/t12-,14+/m1/s1. The fourth-order valence-corrected chi connectivity index (χ4v) is 4.09. The number of carbonyl (C=O) groups excluding carboxylic acids is 3. The molecule has 1 fully saturated rings. The highest BCUT2D eigenvalue weighted by Crippen LogP contribution is 2.25. The Morgan fingerprint density at radius 2 is 2.11 bits per heavy atom. The van der Waals surface area contributed by atoms with Crippen molar-refractivity contribution in [3.05, 3.63) is 29.3 Å². The maximum Gasteiger partial charge on any atom is 0.408 e. The van der Waals surface area contributed by atoms with Crippen LogP contribution in [-0.4, -0.2) is 41.0 Å². The molecule has 0 saturated carbocycles. The second-order valence-corrected chi connectivity index (χ2v) is 8.93. The molecule has 2 atom stereocenters. The molecule has 2 heterocycles. The number of ketones is 1. The van der Waals surface area contributed by atoms with E-state index in [4.69, 9.17) is 4.74 Å². The molecule has 7 nitrogen and oxygen atoms in total. The molecular weight excluding hydrogens is 378 g/mol. The molecule has 1 aromatic heterocycles. The number of thiazole rings is 1. The lowest BCUT2D eigenvalue weighted by atomic mass is 9.97. The first-order chi connectivity index (χ1) is 13.2. The van der Waals surface area contributed by atoms with Gasteiger partial charge < -0.3 is 15.4 Å². The van der Waals surface area contributed by atoms with Crippen molar-refractivity contribution in [3.8, 4) is 0 Å². The first-order valence-corrected chi connectivity index (χ1v) is 10.2. The summed E-state index contributed by atoms with van der Waals surface area (Å²) in [6.45, 7) is 5.94. The van der Waals surface area contributed by atoms with Crippen molar-refractivity contribution < 1.29 is 19.1 Å². The normalized spacial score (nSPS) is 18.0. The number of ether oxygens (including phenoxy) is 1. The lowest BCUT2D eigenvalue weighted by Gasteiger charge is -2.23. The Morgan fingerprint density at radius 3 is 2.75 bits per heavy atom. The molecule has 3 rings (SSSR count). The number of hydrogen-bond acceptors (Lipinski definition) is 6. The number of fused-ring (bicyclic) bond motifs is 1. The summed E-state index contributed by atoms with van der Waals surface area (Å²) in [7, 11) is 0. The van der Waals surface area contributed by atoms with E-state index in [1.54, 1.807) is 20.8 Å². The molecule has 2 amide bonds. The molecule has 28 heavy (non-hydrogen) atoms. The SMILES string of the molecule is CC(C)(C)OC(=O)N[C@@H](CC[C@@H]1CCNC1=O)C(=O)c1nc2ccccc2s1.